The van der Waals surface area contributed by atoms with E-state index in [1.807, 2.05) is 31.2 Å². The van der Waals surface area contributed by atoms with E-state index in [4.69, 9.17) is 0 Å². The van der Waals surface area contributed by atoms with E-state index in [2.05, 4.69) is 146 Å². The van der Waals surface area contributed by atoms with Gasteiger partial charge in [-0.3, -0.25) is 6.08 Å². The molecule has 0 spiro atoms. The fraction of sp³-hybridized carbons (Fsp3) is 0.324. The summed E-state index contributed by atoms with van der Waals surface area (Å²) in [6.07, 6.45) is 8.82. The van der Waals surface area contributed by atoms with Crippen LogP contribution >= 0.6 is 24.8 Å². The molecule has 0 heterocycles. The van der Waals surface area contributed by atoms with Crippen LogP contribution in [0.1, 0.15) is 43.9 Å². The molecule has 0 bridgehead atoms. The Labute approximate surface area is 270 Å². The maximum atomic E-state index is 9.65. The minimum atomic E-state index is -1.50. The molecule has 0 fully saturated rings. The number of phenols is 1. The molecule has 0 saturated carbocycles. The molecule has 1 N–H and O–H groups in total. The average Bonchev–Trinajstić information content (AvgIpc) is 3.40. The van der Waals surface area contributed by atoms with Gasteiger partial charge in [-0.05, 0) is 29.7 Å². The van der Waals surface area contributed by atoms with Crippen molar-refractivity contribution in [3.63, 3.8) is 0 Å². The Kier molecular flexibility index (Phi) is 16.2. The standard InChI is InChI=1S/C13H22OSi.C13H10.C8H13Si.2ClH.Ti/c1-10-7-11(14)9-12(8-10)15(5,6)13(2,3)4;1-3-7-12(8-4-1)11-13-9-5-2-6-10-13;1-9(2,3)8-6-4-5-7-8;;;/h7-9,14H,1-6H3;1-10H;4,6H,5H2,1-3H3;2*1H;/q;;-1;;;+1. The Balaban J connectivity index is 0.000000572. The molecule has 215 valence electrons. The van der Waals surface area contributed by atoms with Crippen LogP contribution < -0.4 is 5.19 Å². The van der Waals surface area contributed by atoms with Crippen molar-refractivity contribution in [2.75, 3.05) is 0 Å². The van der Waals surface area contributed by atoms with Crippen molar-refractivity contribution >= 4 is 50.0 Å². The van der Waals surface area contributed by atoms with E-state index in [9.17, 15) is 5.11 Å². The Morgan fingerprint density at radius 2 is 1.27 bits per heavy atom. The van der Waals surface area contributed by atoms with Gasteiger partial charge in [0.2, 0.25) is 0 Å². The molecule has 3 aromatic carbocycles. The second-order valence-electron chi connectivity index (χ2n) is 12.5. The van der Waals surface area contributed by atoms with Crippen LogP contribution in [0, 0.1) is 13.0 Å². The third-order valence-corrected chi connectivity index (χ3v) is 15.6. The maximum absolute atomic E-state index is 9.65. The van der Waals surface area contributed by atoms with Crippen molar-refractivity contribution in [3.8, 4) is 5.75 Å². The molecule has 3 aromatic rings. The minimum absolute atomic E-state index is 0. The fourth-order valence-corrected chi connectivity index (χ4v) is 7.59. The SMILES string of the molecule is C[Si](C)(C)C1=[C-]CC=C1.Cc1cc(O)cc([Si](C)(C)C(C)(C)C)c1.Cl.Cl.[Ti+]=[C](c1ccccc1)c1ccccc1. The number of aryl methyl sites for hydroxylation is 1. The van der Waals surface area contributed by atoms with Crippen LogP contribution in [-0.4, -0.2) is 25.1 Å². The van der Waals surface area contributed by atoms with Gasteiger partial charge in [0.15, 0.2) is 0 Å². The molecule has 0 radical (unpaired) electrons. The van der Waals surface area contributed by atoms with Crippen LogP contribution in [0.4, 0.5) is 0 Å². The Morgan fingerprint density at radius 3 is 1.60 bits per heavy atom. The summed E-state index contributed by atoms with van der Waals surface area (Å²) in [4.78, 5) is 0. The summed E-state index contributed by atoms with van der Waals surface area (Å²) in [5, 5.41) is 12.8. The van der Waals surface area contributed by atoms with Crippen molar-refractivity contribution in [1.29, 1.82) is 0 Å². The third kappa shape index (κ3) is 11.8. The predicted molar refractivity (Wildman–Crippen MR) is 184 cm³/mol. The first-order chi connectivity index (χ1) is 17.6. The van der Waals surface area contributed by atoms with E-state index in [0.717, 1.165) is 12.0 Å². The zero-order valence-electron chi connectivity index (χ0n) is 25.6. The first-order valence-electron chi connectivity index (χ1n) is 13.4. The summed E-state index contributed by atoms with van der Waals surface area (Å²) in [7, 11) is -2.51. The van der Waals surface area contributed by atoms with Gasteiger partial charge in [-0.15, -0.1) is 31.2 Å². The summed E-state index contributed by atoms with van der Waals surface area (Å²) in [5.41, 5.74) is 3.73. The molecule has 0 unspecified atom stereocenters. The van der Waals surface area contributed by atoms with E-state index in [1.165, 1.54) is 25.3 Å². The fourth-order valence-electron chi connectivity index (χ4n) is 3.85. The van der Waals surface area contributed by atoms with Crippen molar-refractivity contribution in [3.05, 3.63) is 119 Å². The molecule has 0 atom stereocenters. The first-order valence-corrected chi connectivity index (χ1v) is 20.7. The second-order valence-corrected chi connectivity index (χ2v) is 23.6. The molecule has 1 aliphatic rings. The quantitative estimate of drug-likeness (QED) is 0.221. The number of halogens is 2. The van der Waals surface area contributed by atoms with Gasteiger partial charge in [0.25, 0.3) is 0 Å². The molecule has 1 aliphatic carbocycles. The number of benzene rings is 3. The molecule has 0 amide bonds. The van der Waals surface area contributed by atoms with E-state index in [-0.39, 0.29) is 24.8 Å². The van der Waals surface area contributed by atoms with E-state index >= 15 is 0 Å². The number of hydrogen-bond donors (Lipinski definition) is 1. The van der Waals surface area contributed by atoms with Crippen LogP contribution in [-0.2, 0) is 20.0 Å². The second kappa shape index (κ2) is 16.8. The molecular weight excluding hydrogens is 599 g/mol. The number of phenolic OH excluding ortho intramolecular Hbond substituents is 1. The molecule has 0 saturated heterocycles. The van der Waals surface area contributed by atoms with Gasteiger partial charge in [0, 0.05) is 8.07 Å². The summed E-state index contributed by atoms with van der Waals surface area (Å²) in [6.45, 7) is 20.7. The first kappa shape index (κ1) is 38.5. The Morgan fingerprint density at radius 1 is 0.800 bits per heavy atom. The summed E-state index contributed by atoms with van der Waals surface area (Å²) in [5.74, 6) is 0.398. The topological polar surface area (TPSA) is 20.2 Å². The third-order valence-electron chi connectivity index (χ3n) is 7.29. The van der Waals surface area contributed by atoms with Crippen molar-refractivity contribution in [2.45, 2.75) is 71.9 Å². The van der Waals surface area contributed by atoms with Crippen LogP contribution in [0.15, 0.2) is 96.2 Å². The summed E-state index contributed by atoms with van der Waals surface area (Å²) >= 11 is 2.16. The molecule has 40 heavy (non-hydrogen) atoms. The van der Waals surface area contributed by atoms with Crippen molar-refractivity contribution in [2.24, 2.45) is 0 Å². The van der Waals surface area contributed by atoms with Gasteiger partial charge in [0.1, 0.15) is 5.75 Å². The number of hydrogen-bond acceptors (Lipinski definition) is 1. The summed E-state index contributed by atoms with van der Waals surface area (Å²) < 4.78 is 1.33. The van der Waals surface area contributed by atoms with Crippen LogP contribution in [0.25, 0.3) is 0 Å². The van der Waals surface area contributed by atoms with Crippen LogP contribution in [0.5, 0.6) is 5.75 Å². The van der Waals surface area contributed by atoms with E-state index in [1.54, 1.807) is 0 Å². The predicted octanol–water partition coefficient (Wildman–Crippen LogP) is 9.62. The number of rotatable bonds is 4. The monoisotopic (exact) mass is 645 g/mol. The molecule has 6 heteroatoms. The number of allylic oxidation sites excluding steroid dienone is 4. The van der Waals surface area contributed by atoms with Crippen LogP contribution in [0.3, 0.4) is 0 Å². The van der Waals surface area contributed by atoms with Crippen molar-refractivity contribution < 1.29 is 25.1 Å². The normalized spacial score (nSPS) is 12.4. The van der Waals surface area contributed by atoms with Gasteiger partial charge in [-0.25, -0.2) is 11.3 Å². The van der Waals surface area contributed by atoms with Crippen molar-refractivity contribution in [1.82, 2.24) is 0 Å². The van der Waals surface area contributed by atoms with Gasteiger partial charge >= 0.3 is 95.6 Å². The number of aromatic hydroxyl groups is 1. The molecule has 0 aliphatic heterocycles. The molecule has 0 aromatic heterocycles. The van der Waals surface area contributed by atoms with E-state index in [0.29, 0.717) is 10.8 Å². The van der Waals surface area contributed by atoms with Crippen LogP contribution in [0.2, 0.25) is 37.8 Å². The van der Waals surface area contributed by atoms with Gasteiger partial charge in [0.05, 0.1) is 8.07 Å². The Hall–Kier alpha value is -1.46. The molecule has 1 nitrogen and oxygen atoms in total. The van der Waals surface area contributed by atoms with Gasteiger partial charge in [-0.1, -0.05) is 64.8 Å². The zero-order valence-corrected chi connectivity index (χ0v) is 30.8. The average molecular weight is 647 g/mol. The zero-order chi connectivity index (χ0) is 28.6. The van der Waals surface area contributed by atoms with E-state index < -0.39 is 16.1 Å². The molecular formula is C34H47Cl2OSi2Ti. The van der Waals surface area contributed by atoms with Gasteiger partial charge < -0.3 is 5.11 Å². The summed E-state index contributed by atoms with van der Waals surface area (Å²) in [6, 6.07) is 26.9. The van der Waals surface area contributed by atoms with Gasteiger partial charge in [-0.2, -0.15) is 6.08 Å². The Bertz CT molecular complexity index is 1190. The molecule has 4 rings (SSSR count).